The van der Waals surface area contributed by atoms with Crippen LogP contribution in [0.15, 0.2) is 0 Å². The van der Waals surface area contributed by atoms with E-state index in [-0.39, 0.29) is 0 Å². The molecule has 0 saturated carbocycles. The summed E-state index contributed by atoms with van der Waals surface area (Å²) in [5.41, 5.74) is 0. The first kappa shape index (κ1) is 15.9. The van der Waals surface area contributed by atoms with Gasteiger partial charge < -0.3 is 10.2 Å². The molecule has 2 nitrogen and oxygen atoms in total. The van der Waals surface area contributed by atoms with Crippen LogP contribution in [0.4, 0.5) is 0 Å². The van der Waals surface area contributed by atoms with Gasteiger partial charge in [0.05, 0.1) is 0 Å². The Morgan fingerprint density at radius 1 is 1.12 bits per heavy atom. The summed E-state index contributed by atoms with van der Waals surface area (Å²) in [5.74, 6) is 0.827. The fourth-order valence-corrected chi connectivity index (χ4v) is 1.95. The second-order valence-electron chi connectivity index (χ2n) is 5.05. The zero-order valence-electron chi connectivity index (χ0n) is 12.1. The van der Waals surface area contributed by atoms with Gasteiger partial charge in [0.15, 0.2) is 0 Å². The summed E-state index contributed by atoms with van der Waals surface area (Å²) in [5, 5.41) is 3.60. The molecule has 0 aliphatic rings. The zero-order chi connectivity index (χ0) is 12.4. The average Bonchev–Trinajstić information content (AvgIpc) is 2.27. The summed E-state index contributed by atoms with van der Waals surface area (Å²) in [4.78, 5) is 2.56. The van der Waals surface area contributed by atoms with Crippen molar-refractivity contribution in [2.45, 2.75) is 59.9 Å². The average molecular weight is 228 g/mol. The first-order valence-corrected chi connectivity index (χ1v) is 7.09. The molecular formula is C14H32N2. The van der Waals surface area contributed by atoms with Gasteiger partial charge in [-0.15, -0.1) is 0 Å². The van der Waals surface area contributed by atoms with Crippen LogP contribution in [0, 0.1) is 5.92 Å². The van der Waals surface area contributed by atoms with Crippen molar-refractivity contribution in [1.82, 2.24) is 10.2 Å². The van der Waals surface area contributed by atoms with Crippen LogP contribution in [0.5, 0.6) is 0 Å². The lowest BCUT2D eigenvalue weighted by Gasteiger charge is -2.24. The molecule has 0 aliphatic carbocycles. The molecule has 0 radical (unpaired) electrons. The van der Waals surface area contributed by atoms with Crippen molar-refractivity contribution >= 4 is 0 Å². The lowest BCUT2D eigenvalue weighted by atomic mass is 10.1. The third-order valence-corrected chi connectivity index (χ3v) is 3.36. The highest BCUT2D eigenvalue weighted by atomic mass is 15.1. The van der Waals surface area contributed by atoms with Crippen molar-refractivity contribution in [3.8, 4) is 0 Å². The van der Waals surface area contributed by atoms with Crippen molar-refractivity contribution in [2.24, 2.45) is 5.92 Å². The molecule has 0 bridgehead atoms. The summed E-state index contributed by atoms with van der Waals surface area (Å²) >= 11 is 0. The smallest absolute Gasteiger partial charge is 0.0107 e. The lowest BCUT2D eigenvalue weighted by Crippen LogP contribution is -2.37. The largest absolute Gasteiger partial charge is 0.313 e. The molecule has 0 aliphatic heterocycles. The number of likely N-dealkylation sites (N-methyl/N-ethyl adjacent to an activating group) is 1. The zero-order valence-corrected chi connectivity index (χ0v) is 12.1. The Balaban J connectivity index is 3.62. The fraction of sp³-hybridized carbons (Fsp3) is 1.00. The van der Waals surface area contributed by atoms with Gasteiger partial charge >= 0.3 is 0 Å². The number of nitrogens with zero attached hydrogens (tertiary/aromatic N) is 1. The SMILES string of the molecule is CCCC(C)NCCN(CC)CC(C)CC. The minimum atomic E-state index is 0.673. The van der Waals surface area contributed by atoms with E-state index in [9.17, 15) is 0 Å². The lowest BCUT2D eigenvalue weighted by molar-refractivity contribution is 0.242. The highest BCUT2D eigenvalue weighted by Gasteiger charge is 2.07. The third kappa shape index (κ3) is 8.12. The van der Waals surface area contributed by atoms with E-state index in [1.54, 1.807) is 0 Å². The molecule has 1 N–H and O–H groups in total. The Kier molecular flexibility index (Phi) is 10.0. The monoisotopic (exact) mass is 228 g/mol. The van der Waals surface area contributed by atoms with E-state index < -0.39 is 0 Å². The summed E-state index contributed by atoms with van der Waals surface area (Å²) < 4.78 is 0. The molecule has 0 rings (SSSR count). The predicted octanol–water partition coefficient (Wildman–Crippen LogP) is 3.13. The number of nitrogens with one attached hydrogen (secondary N) is 1. The van der Waals surface area contributed by atoms with Crippen molar-refractivity contribution < 1.29 is 0 Å². The summed E-state index contributed by atoms with van der Waals surface area (Å²) in [7, 11) is 0. The molecule has 98 valence electrons. The van der Waals surface area contributed by atoms with Gasteiger partial charge in [-0.2, -0.15) is 0 Å². The van der Waals surface area contributed by atoms with Gasteiger partial charge in [-0.1, -0.05) is 40.5 Å². The van der Waals surface area contributed by atoms with E-state index in [2.05, 4.69) is 44.8 Å². The Bertz CT molecular complexity index is 148. The van der Waals surface area contributed by atoms with Crippen LogP contribution in [0.1, 0.15) is 53.9 Å². The van der Waals surface area contributed by atoms with Crippen LogP contribution in [0.25, 0.3) is 0 Å². The Labute approximate surface area is 103 Å². The highest BCUT2D eigenvalue weighted by molar-refractivity contribution is 4.65. The number of hydrogen-bond donors (Lipinski definition) is 1. The van der Waals surface area contributed by atoms with Crippen molar-refractivity contribution in [1.29, 1.82) is 0 Å². The molecule has 16 heavy (non-hydrogen) atoms. The van der Waals surface area contributed by atoms with Gasteiger partial charge in [0.1, 0.15) is 0 Å². The quantitative estimate of drug-likeness (QED) is 0.618. The van der Waals surface area contributed by atoms with Crippen LogP contribution in [0.2, 0.25) is 0 Å². The fourth-order valence-electron chi connectivity index (χ4n) is 1.95. The van der Waals surface area contributed by atoms with Crippen LogP contribution in [-0.4, -0.2) is 37.1 Å². The first-order chi connectivity index (χ1) is 7.63. The second-order valence-corrected chi connectivity index (χ2v) is 5.05. The van der Waals surface area contributed by atoms with Gasteiger partial charge in [0.25, 0.3) is 0 Å². The van der Waals surface area contributed by atoms with E-state index in [1.165, 1.54) is 38.9 Å². The molecule has 0 spiro atoms. The molecule has 0 aromatic heterocycles. The summed E-state index contributed by atoms with van der Waals surface area (Å²) in [6, 6.07) is 0.673. The minimum absolute atomic E-state index is 0.673. The number of rotatable bonds is 10. The van der Waals surface area contributed by atoms with Crippen molar-refractivity contribution in [3.63, 3.8) is 0 Å². The van der Waals surface area contributed by atoms with Crippen LogP contribution in [0.3, 0.4) is 0 Å². The van der Waals surface area contributed by atoms with E-state index in [0.29, 0.717) is 6.04 Å². The van der Waals surface area contributed by atoms with E-state index >= 15 is 0 Å². The topological polar surface area (TPSA) is 15.3 Å². The number of hydrogen-bond acceptors (Lipinski definition) is 2. The minimum Gasteiger partial charge on any atom is -0.313 e. The molecule has 0 saturated heterocycles. The molecular weight excluding hydrogens is 196 g/mol. The van der Waals surface area contributed by atoms with Gasteiger partial charge in [-0.05, 0) is 25.8 Å². The molecule has 2 atom stereocenters. The van der Waals surface area contributed by atoms with Gasteiger partial charge in [-0.25, -0.2) is 0 Å². The molecule has 0 aromatic rings. The Morgan fingerprint density at radius 3 is 2.31 bits per heavy atom. The molecule has 0 aromatic carbocycles. The molecule has 0 amide bonds. The Hall–Kier alpha value is -0.0800. The highest BCUT2D eigenvalue weighted by Crippen LogP contribution is 2.03. The van der Waals surface area contributed by atoms with Crippen molar-refractivity contribution in [2.75, 3.05) is 26.2 Å². The normalized spacial score (nSPS) is 15.4. The maximum absolute atomic E-state index is 3.60. The van der Waals surface area contributed by atoms with Crippen LogP contribution < -0.4 is 5.32 Å². The van der Waals surface area contributed by atoms with Gasteiger partial charge in [-0.3, -0.25) is 0 Å². The van der Waals surface area contributed by atoms with Crippen LogP contribution >= 0.6 is 0 Å². The third-order valence-electron chi connectivity index (χ3n) is 3.36. The Morgan fingerprint density at radius 2 is 1.81 bits per heavy atom. The van der Waals surface area contributed by atoms with Gasteiger partial charge in [0.2, 0.25) is 0 Å². The summed E-state index contributed by atoms with van der Waals surface area (Å²) in [6.45, 7) is 16.2. The second kappa shape index (κ2) is 10.1. The predicted molar refractivity (Wildman–Crippen MR) is 73.9 cm³/mol. The summed E-state index contributed by atoms with van der Waals surface area (Å²) in [6.07, 6.45) is 3.85. The van der Waals surface area contributed by atoms with E-state index in [0.717, 1.165) is 12.5 Å². The van der Waals surface area contributed by atoms with Gasteiger partial charge in [0, 0.05) is 25.7 Å². The van der Waals surface area contributed by atoms with Crippen LogP contribution in [-0.2, 0) is 0 Å². The van der Waals surface area contributed by atoms with E-state index in [1.807, 2.05) is 0 Å². The molecule has 0 fully saturated rings. The van der Waals surface area contributed by atoms with Crippen molar-refractivity contribution in [3.05, 3.63) is 0 Å². The first-order valence-electron chi connectivity index (χ1n) is 7.09. The van der Waals surface area contributed by atoms with E-state index in [4.69, 9.17) is 0 Å². The molecule has 0 heterocycles. The maximum Gasteiger partial charge on any atom is 0.0107 e. The standard InChI is InChI=1S/C14H32N2/c1-6-9-14(5)15-10-11-16(8-3)12-13(4)7-2/h13-15H,6-12H2,1-5H3. The molecule has 2 heteroatoms. The maximum atomic E-state index is 3.60. The molecule has 2 unspecified atom stereocenters.